The van der Waals surface area contributed by atoms with Gasteiger partial charge in [0.25, 0.3) is 0 Å². The topological polar surface area (TPSA) is 218 Å². The molecule has 0 aromatic carbocycles. The first-order chi connectivity index (χ1) is 27.4. The van der Waals surface area contributed by atoms with Gasteiger partial charge in [-0.1, -0.05) is 11.3 Å². The molecule has 0 bridgehead atoms. The first-order valence-corrected chi connectivity index (χ1v) is 21.6. The molecule has 4 N–H and O–H groups in total. The molecule has 0 spiro atoms. The molecule has 3 aromatic heterocycles. The standard InChI is InChI=1S/C17H27N3O4S.C12H19N3O2S.C9H12N2O3S/c1-5-23-14(21)12-6-8-20(9-7-12)11-13-10-18-15(25-13)19-16(22)24-17(2,3)4;1-2-17-11(16)9-3-5-15(6-4-9)8-10-7-14-12(13)18-10;1-9(2,3)14-8(13)11-7-10-4-6(5-12)15-7/h10,12H,5-9,11H2,1-4H3,(H,18,19,22);7,9H,2-6,8H2,1H3,(H2,13,14);4-5H,1-3H3,(H,10,11,13). The van der Waals surface area contributed by atoms with Crippen LogP contribution in [-0.2, 0) is 41.6 Å². The van der Waals surface area contributed by atoms with Gasteiger partial charge in [-0.05, 0) is 107 Å². The van der Waals surface area contributed by atoms with Crippen LogP contribution in [0.3, 0.4) is 0 Å². The minimum atomic E-state index is -0.575. The van der Waals surface area contributed by atoms with Gasteiger partial charge in [0.05, 0.1) is 36.1 Å². The number of nitrogens with one attached hydrogen (secondary N) is 2. The van der Waals surface area contributed by atoms with Crippen molar-refractivity contribution in [2.75, 3.05) is 55.8 Å². The van der Waals surface area contributed by atoms with Crippen molar-refractivity contribution in [2.45, 2.75) is 105 Å². The number of carbonyl (C=O) groups excluding carboxylic acids is 5. The molecule has 2 fully saturated rings. The van der Waals surface area contributed by atoms with Crippen LogP contribution >= 0.6 is 34.0 Å². The van der Waals surface area contributed by atoms with Gasteiger partial charge in [-0.25, -0.2) is 24.5 Å². The number of likely N-dealkylation sites (tertiary alicyclic amines) is 2. The molecular weight excluding hydrogens is 809 g/mol. The van der Waals surface area contributed by atoms with Gasteiger partial charge < -0.3 is 24.7 Å². The highest BCUT2D eigenvalue weighted by Gasteiger charge is 2.27. The van der Waals surface area contributed by atoms with Gasteiger partial charge in [-0.3, -0.25) is 34.8 Å². The van der Waals surface area contributed by atoms with Crippen LogP contribution < -0.4 is 16.4 Å². The number of hydrogen-bond acceptors (Lipinski definition) is 18. The number of nitrogens with two attached hydrogens (primary N) is 1. The fourth-order valence-corrected chi connectivity index (χ4v) is 7.81. The summed E-state index contributed by atoms with van der Waals surface area (Å²) in [6, 6.07) is 0. The van der Waals surface area contributed by atoms with Crippen LogP contribution in [0.15, 0.2) is 18.6 Å². The van der Waals surface area contributed by atoms with Gasteiger partial charge in [0.2, 0.25) is 0 Å². The largest absolute Gasteiger partial charge is 0.466 e. The van der Waals surface area contributed by atoms with Gasteiger partial charge in [-0.2, -0.15) is 0 Å². The van der Waals surface area contributed by atoms with E-state index in [-0.39, 0.29) is 23.8 Å². The van der Waals surface area contributed by atoms with E-state index >= 15 is 0 Å². The molecule has 2 amide bonds. The maximum Gasteiger partial charge on any atom is 0.413 e. The fraction of sp³-hybridized carbons (Fsp3) is 0.632. The van der Waals surface area contributed by atoms with E-state index in [1.807, 2.05) is 40.8 Å². The van der Waals surface area contributed by atoms with Gasteiger partial charge in [-0.15, -0.1) is 22.7 Å². The predicted octanol–water partition coefficient (Wildman–Crippen LogP) is 7.07. The Balaban J connectivity index is 0.000000242. The minimum Gasteiger partial charge on any atom is -0.466 e. The third-order valence-electron chi connectivity index (χ3n) is 8.15. The van der Waals surface area contributed by atoms with Crippen molar-refractivity contribution in [3.05, 3.63) is 33.2 Å². The number of amides is 2. The lowest BCUT2D eigenvalue weighted by molar-refractivity contribution is -0.150. The number of aldehydes is 1. The molecule has 2 aliphatic rings. The summed E-state index contributed by atoms with van der Waals surface area (Å²) >= 11 is 4.07. The van der Waals surface area contributed by atoms with Crippen LogP contribution in [-0.4, -0.2) is 106 Å². The summed E-state index contributed by atoms with van der Waals surface area (Å²) in [5, 5.41) is 6.60. The van der Waals surface area contributed by atoms with Crippen LogP contribution in [0.1, 0.15) is 100 Å². The zero-order valence-corrected chi connectivity index (χ0v) is 37.1. The number of aromatic nitrogens is 3. The molecule has 322 valence electrons. The van der Waals surface area contributed by atoms with Crippen LogP contribution in [0.2, 0.25) is 0 Å². The van der Waals surface area contributed by atoms with Crippen molar-refractivity contribution >= 4 is 79.8 Å². The van der Waals surface area contributed by atoms with Crippen molar-refractivity contribution in [3.8, 4) is 0 Å². The Morgan fingerprint density at radius 1 is 0.707 bits per heavy atom. The molecule has 58 heavy (non-hydrogen) atoms. The molecule has 0 atom stereocenters. The van der Waals surface area contributed by atoms with Gasteiger partial charge in [0.15, 0.2) is 21.7 Å². The monoisotopic (exact) mass is 866 g/mol. The highest BCUT2D eigenvalue weighted by Crippen LogP contribution is 2.26. The molecule has 3 aromatic rings. The summed E-state index contributed by atoms with van der Waals surface area (Å²) in [7, 11) is 0. The van der Waals surface area contributed by atoms with E-state index in [2.05, 4.69) is 35.4 Å². The number of nitrogens with zero attached hydrogens (tertiary/aromatic N) is 5. The van der Waals surface area contributed by atoms with Crippen molar-refractivity contribution in [3.63, 3.8) is 0 Å². The summed E-state index contributed by atoms with van der Waals surface area (Å²) < 4.78 is 20.4. The lowest BCUT2D eigenvalue weighted by atomic mass is 9.97. The maximum absolute atomic E-state index is 11.8. The summed E-state index contributed by atoms with van der Waals surface area (Å²) in [4.78, 5) is 76.2. The van der Waals surface area contributed by atoms with Gasteiger partial charge in [0.1, 0.15) is 11.2 Å². The number of anilines is 3. The van der Waals surface area contributed by atoms with Crippen molar-refractivity contribution < 1.29 is 42.9 Å². The first kappa shape index (κ1) is 48.1. The quantitative estimate of drug-likeness (QED) is 0.0998. The number of nitrogen functional groups attached to an aromatic ring is 1. The Kier molecular flexibility index (Phi) is 19.4. The zero-order chi connectivity index (χ0) is 42.9. The third-order valence-corrected chi connectivity index (χ3v) is 10.7. The highest BCUT2D eigenvalue weighted by atomic mass is 32.1. The van der Waals surface area contributed by atoms with E-state index in [0.29, 0.717) is 39.8 Å². The summed E-state index contributed by atoms with van der Waals surface area (Å²) in [5.74, 6) is -0.0299. The number of hydrogen-bond donors (Lipinski definition) is 3. The normalized spacial score (nSPS) is 15.4. The molecule has 0 aliphatic carbocycles. The summed E-state index contributed by atoms with van der Waals surface area (Å²) in [6.07, 6.45) is 8.01. The molecule has 0 radical (unpaired) electrons. The molecule has 0 unspecified atom stereocenters. The van der Waals surface area contributed by atoms with E-state index in [0.717, 1.165) is 81.2 Å². The molecule has 5 heterocycles. The van der Waals surface area contributed by atoms with Gasteiger partial charge >= 0.3 is 24.1 Å². The zero-order valence-electron chi connectivity index (χ0n) is 34.7. The Bertz CT molecular complexity index is 1750. The number of ether oxygens (including phenoxy) is 4. The lowest BCUT2D eigenvalue weighted by Crippen LogP contribution is -2.36. The van der Waals surface area contributed by atoms with Crippen molar-refractivity contribution in [2.24, 2.45) is 11.8 Å². The predicted molar refractivity (Wildman–Crippen MR) is 225 cm³/mol. The second kappa shape index (κ2) is 23.4. The van der Waals surface area contributed by atoms with Gasteiger partial charge in [0, 0.05) is 35.2 Å². The second-order valence-electron chi connectivity index (χ2n) is 15.3. The highest BCUT2D eigenvalue weighted by molar-refractivity contribution is 7.17. The van der Waals surface area contributed by atoms with E-state index in [1.165, 1.54) is 33.7 Å². The Labute approximate surface area is 352 Å². The Morgan fingerprint density at radius 3 is 1.50 bits per heavy atom. The number of piperidine rings is 2. The molecular formula is C38H58N8O9S3. The van der Waals surface area contributed by atoms with Crippen LogP contribution in [0.25, 0.3) is 0 Å². The number of thiazole rings is 3. The molecule has 5 rings (SSSR count). The fourth-order valence-electron chi connectivity index (χ4n) is 5.63. The van der Waals surface area contributed by atoms with E-state index in [9.17, 15) is 24.0 Å². The number of esters is 2. The number of carbonyl (C=O) groups is 5. The van der Waals surface area contributed by atoms with Crippen LogP contribution in [0.5, 0.6) is 0 Å². The SMILES string of the molecule is CC(C)(C)OC(=O)Nc1ncc(C=O)s1.CCOC(=O)C1CCN(Cc2cnc(N)s2)CC1.CCOC(=O)C1CCN(Cc2cnc(NC(=O)OC(C)(C)C)s2)CC1. The molecule has 17 nitrogen and oxygen atoms in total. The maximum atomic E-state index is 11.8. The van der Waals surface area contributed by atoms with Crippen LogP contribution in [0.4, 0.5) is 25.0 Å². The average Bonchev–Trinajstić information content (AvgIpc) is 3.89. The third kappa shape index (κ3) is 18.6. The van der Waals surface area contributed by atoms with Crippen molar-refractivity contribution in [1.82, 2.24) is 24.8 Å². The summed E-state index contributed by atoms with van der Waals surface area (Å²) in [6.45, 7) is 20.6. The molecule has 20 heteroatoms. The lowest BCUT2D eigenvalue weighted by Gasteiger charge is -2.30. The molecule has 0 saturated carbocycles. The van der Waals surface area contributed by atoms with Crippen molar-refractivity contribution in [1.29, 1.82) is 0 Å². The smallest absolute Gasteiger partial charge is 0.413 e. The number of rotatable bonds is 11. The Hall–Kier alpha value is -4.24. The molecule has 2 saturated heterocycles. The Morgan fingerprint density at radius 2 is 1.12 bits per heavy atom. The average molecular weight is 867 g/mol. The van der Waals surface area contributed by atoms with E-state index < -0.39 is 23.4 Å². The van der Waals surface area contributed by atoms with E-state index in [1.54, 1.807) is 27.0 Å². The second-order valence-corrected chi connectivity index (χ2v) is 18.7. The first-order valence-electron chi connectivity index (χ1n) is 19.2. The van der Waals surface area contributed by atoms with Crippen LogP contribution in [0, 0.1) is 11.8 Å². The molecule has 2 aliphatic heterocycles. The summed E-state index contributed by atoms with van der Waals surface area (Å²) in [5.41, 5.74) is 4.53. The van der Waals surface area contributed by atoms with E-state index in [4.69, 9.17) is 24.7 Å². The minimum absolute atomic E-state index is 0.0158.